The first kappa shape index (κ1) is 22.9. The Kier molecular flexibility index (Phi) is 5.94. The molecular formula is C27H25ClN4O3. The second-order valence-corrected chi connectivity index (χ2v) is 9.23. The third-order valence-corrected chi connectivity index (χ3v) is 6.64. The van der Waals surface area contributed by atoms with Crippen LogP contribution in [-0.4, -0.2) is 27.1 Å². The van der Waals surface area contributed by atoms with Gasteiger partial charge in [0.1, 0.15) is 16.9 Å². The van der Waals surface area contributed by atoms with Crippen LogP contribution in [0.1, 0.15) is 35.5 Å². The van der Waals surface area contributed by atoms with Gasteiger partial charge in [0.25, 0.3) is 5.91 Å². The molecule has 0 saturated carbocycles. The third kappa shape index (κ3) is 4.23. The molecule has 0 spiro atoms. The number of nitrogens with zero attached hydrogens (tertiary/aromatic N) is 3. The van der Waals surface area contributed by atoms with E-state index in [1.54, 1.807) is 53.1 Å². The van der Waals surface area contributed by atoms with Gasteiger partial charge in [0.15, 0.2) is 5.76 Å². The van der Waals surface area contributed by atoms with E-state index in [1.807, 2.05) is 36.4 Å². The second-order valence-electron chi connectivity index (χ2n) is 8.79. The highest BCUT2D eigenvalue weighted by Crippen LogP contribution is 2.34. The van der Waals surface area contributed by atoms with Crippen LogP contribution < -0.4 is 10.2 Å². The average molecular weight is 489 g/mol. The number of aromatic nitrogens is 2. The highest BCUT2D eigenvalue weighted by Gasteiger charge is 2.49. The van der Waals surface area contributed by atoms with Crippen LogP contribution >= 0.6 is 11.6 Å². The van der Waals surface area contributed by atoms with Crippen molar-refractivity contribution in [1.29, 1.82) is 0 Å². The molecule has 1 N–H and O–H groups in total. The molecule has 3 heterocycles. The first-order chi connectivity index (χ1) is 16.9. The molecule has 0 aliphatic carbocycles. The zero-order valence-corrected chi connectivity index (χ0v) is 20.2. The van der Waals surface area contributed by atoms with Crippen molar-refractivity contribution in [2.75, 3.05) is 4.90 Å². The lowest BCUT2D eigenvalue weighted by Crippen LogP contribution is -2.64. The summed E-state index contributed by atoms with van der Waals surface area (Å²) in [6, 6.07) is 20.3. The Morgan fingerprint density at radius 1 is 1.11 bits per heavy atom. The smallest absolute Gasteiger partial charge is 0.277 e. The zero-order valence-electron chi connectivity index (χ0n) is 19.5. The van der Waals surface area contributed by atoms with E-state index in [0.29, 0.717) is 34.4 Å². The summed E-state index contributed by atoms with van der Waals surface area (Å²) in [6.07, 6.45) is 2.44. The van der Waals surface area contributed by atoms with Crippen LogP contribution in [-0.2, 0) is 24.3 Å². The number of amides is 2. The molecule has 0 saturated heterocycles. The minimum absolute atomic E-state index is 0.191. The van der Waals surface area contributed by atoms with E-state index in [2.05, 4.69) is 17.3 Å². The fourth-order valence-electron chi connectivity index (χ4n) is 4.39. The number of furan rings is 1. The molecule has 0 bridgehead atoms. The molecule has 0 unspecified atom stereocenters. The van der Waals surface area contributed by atoms with Crippen molar-refractivity contribution in [3.8, 4) is 11.5 Å². The van der Waals surface area contributed by atoms with Crippen LogP contribution in [0.15, 0.2) is 77.4 Å². The lowest BCUT2D eigenvalue weighted by atomic mass is 9.93. The summed E-state index contributed by atoms with van der Waals surface area (Å²) >= 11 is 5.98. The Hall–Kier alpha value is -3.84. The van der Waals surface area contributed by atoms with Crippen molar-refractivity contribution in [1.82, 2.24) is 15.1 Å². The highest BCUT2D eigenvalue weighted by atomic mass is 35.5. The lowest BCUT2D eigenvalue weighted by Gasteiger charge is -2.43. The molecule has 2 aromatic carbocycles. The Balaban J connectivity index is 1.52. The number of rotatable bonds is 6. The molecule has 35 heavy (non-hydrogen) atoms. The molecule has 7 nitrogen and oxygen atoms in total. The largest absolute Gasteiger partial charge is 0.463 e. The van der Waals surface area contributed by atoms with Gasteiger partial charge in [-0.15, -0.1) is 0 Å². The van der Waals surface area contributed by atoms with Gasteiger partial charge in [-0.25, -0.2) is 0 Å². The van der Waals surface area contributed by atoms with Crippen molar-refractivity contribution >= 4 is 29.1 Å². The van der Waals surface area contributed by atoms with E-state index in [0.717, 1.165) is 17.5 Å². The highest BCUT2D eigenvalue weighted by molar-refractivity contribution is 6.30. The van der Waals surface area contributed by atoms with E-state index >= 15 is 0 Å². The molecule has 2 aromatic heterocycles. The van der Waals surface area contributed by atoms with Gasteiger partial charge in [-0.3, -0.25) is 19.2 Å². The molecule has 5 rings (SSSR count). The number of carbonyl (C=O) groups excluding carboxylic acids is 2. The van der Waals surface area contributed by atoms with Crippen LogP contribution in [0.25, 0.3) is 11.5 Å². The van der Waals surface area contributed by atoms with Gasteiger partial charge in [0.2, 0.25) is 5.91 Å². The van der Waals surface area contributed by atoms with E-state index < -0.39 is 5.54 Å². The Morgan fingerprint density at radius 2 is 1.83 bits per heavy atom. The summed E-state index contributed by atoms with van der Waals surface area (Å²) in [4.78, 5) is 29.1. The number of carbonyl (C=O) groups is 2. The van der Waals surface area contributed by atoms with E-state index in [4.69, 9.17) is 16.0 Å². The Morgan fingerprint density at radius 3 is 2.49 bits per heavy atom. The van der Waals surface area contributed by atoms with Crippen LogP contribution in [0.3, 0.4) is 0 Å². The van der Waals surface area contributed by atoms with Gasteiger partial charge in [0, 0.05) is 23.3 Å². The molecule has 178 valence electrons. The number of halogens is 1. The number of hydrogen-bond acceptors (Lipinski definition) is 4. The standard InChI is InChI=1S/C27H25ClN4O3/c1-3-18-8-12-21(13-9-18)32-25(33)23-15-22(24-5-4-14-35-24)30-31(23)17-27(32,2)26(34)29-16-19-6-10-20(28)11-7-19/h4-15H,3,16-17H2,1-2H3,(H,29,34)/t27-/m0/s1. The third-order valence-electron chi connectivity index (χ3n) is 6.39. The Labute approximate surface area is 208 Å². The molecule has 4 aromatic rings. The van der Waals surface area contributed by atoms with Crippen molar-refractivity contribution in [3.63, 3.8) is 0 Å². The van der Waals surface area contributed by atoms with E-state index in [9.17, 15) is 9.59 Å². The monoisotopic (exact) mass is 488 g/mol. The van der Waals surface area contributed by atoms with Crippen LogP contribution in [0, 0.1) is 0 Å². The van der Waals surface area contributed by atoms with Crippen LogP contribution in [0.4, 0.5) is 5.69 Å². The summed E-state index contributed by atoms with van der Waals surface area (Å²) in [5, 5.41) is 8.22. The summed E-state index contributed by atoms with van der Waals surface area (Å²) < 4.78 is 7.07. The average Bonchev–Trinajstić information content (AvgIpc) is 3.54. The number of nitrogens with one attached hydrogen (secondary N) is 1. The fraction of sp³-hybridized carbons (Fsp3) is 0.222. The maximum atomic E-state index is 13.8. The van der Waals surface area contributed by atoms with Gasteiger partial charge < -0.3 is 9.73 Å². The molecule has 1 aliphatic heterocycles. The normalized spacial score (nSPS) is 17.3. The van der Waals surface area contributed by atoms with Crippen molar-refractivity contribution in [2.45, 2.75) is 38.9 Å². The van der Waals surface area contributed by atoms with Crippen molar-refractivity contribution < 1.29 is 14.0 Å². The molecule has 1 aliphatic rings. The number of aryl methyl sites for hydroxylation is 1. The van der Waals surface area contributed by atoms with Crippen molar-refractivity contribution in [2.24, 2.45) is 0 Å². The first-order valence-corrected chi connectivity index (χ1v) is 11.8. The summed E-state index contributed by atoms with van der Waals surface area (Å²) in [6.45, 7) is 4.35. The maximum absolute atomic E-state index is 13.8. The topological polar surface area (TPSA) is 80.4 Å². The van der Waals surface area contributed by atoms with Crippen molar-refractivity contribution in [3.05, 3.63) is 94.8 Å². The molecule has 0 radical (unpaired) electrons. The number of benzene rings is 2. The molecule has 8 heteroatoms. The maximum Gasteiger partial charge on any atom is 0.277 e. The van der Waals surface area contributed by atoms with E-state index in [1.165, 1.54) is 0 Å². The Bertz CT molecular complexity index is 1360. The summed E-state index contributed by atoms with van der Waals surface area (Å²) in [5.41, 5.74) is 2.45. The zero-order chi connectivity index (χ0) is 24.6. The SMILES string of the molecule is CCc1ccc(N2C(=O)c3cc(-c4ccco4)nn3C[C@@]2(C)C(=O)NCc2ccc(Cl)cc2)cc1. The van der Waals surface area contributed by atoms with Gasteiger partial charge in [-0.05, 0) is 60.9 Å². The predicted molar refractivity (Wildman–Crippen MR) is 134 cm³/mol. The number of hydrogen-bond donors (Lipinski definition) is 1. The second kappa shape index (κ2) is 9.07. The number of anilines is 1. The van der Waals surface area contributed by atoms with Crippen LogP contribution in [0.5, 0.6) is 0 Å². The quantitative estimate of drug-likeness (QED) is 0.409. The minimum Gasteiger partial charge on any atom is -0.463 e. The lowest BCUT2D eigenvalue weighted by molar-refractivity contribution is -0.126. The fourth-order valence-corrected chi connectivity index (χ4v) is 4.51. The summed E-state index contributed by atoms with van der Waals surface area (Å²) in [5.74, 6) is -0.0107. The van der Waals surface area contributed by atoms with Gasteiger partial charge in [-0.1, -0.05) is 42.8 Å². The van der Waals surface area contributed by atoms with Gasteiger partial charge >= 0.3 is 0 Å². The number of fused-ring (bicyclic) bond motifs is 1. The first-order valence-electron chi connectivity index (χ1n) is 11.5. The molecule has 2 amide bonds. The summed E-state index contributed by atoms with van der Waals surface area (Å²) in [7, 11) is 0. The van der Waals surface area contributed by atoms with E-state index in [-0.39, 0.29) is 18.4 Å². The molecule has 0 fully saturated rings. The molecular weight excluding hydrogens is 464 g/mol. The molecule has 1 atom stereocenters. The van der Waals surface area contributed by atoms with Crippen LogP contribution in [0.2, 0.25) is 5.02 Å². The minimum atomic E-state index is -1.21. The van der Waals surface area contributed by atoms with Gasteiger partial charge in [-0.2, -0.15) is 5.10 Å². The van der Waals surface area contributed by atoms with Gasteiger partial charge in [0.05, 0.1) is 12.8 Å². The predicted octanol–water partition coefficient (Wildman–Crippen LogP) is 5.09.